The fourth-order valence-corrected chi connectivity index (χ4v) is 1.94. The minimum absolute atomic E-state index is 0.0646. The van der Waals surface area contributed by atoms with Crippen molar-refractivity contribution in [1.82, 2.24) is 30.0 Å². The maximum Gasteiger partial charge on any atom is 0.216 e. The Morgan fingerprint density at radius 3 is 2.80 bits per heavy atom. The van der Waals surface area contributed by atoms with Crippen molar-refractivity contribution < 1.29 is 4.74 Å². The van der Waals surface area contributed by atoms with Crippen LogP contribution < -0.4 is 10.1 Å². The summed E-state index contributed by atoms with van der Waals surface area (Å²) < 4.78 is 6.93. The first-order chi connectivity index (χ1) is 9.74. The molecular weight excluding hydrogens is 256 g/mol. The Balaban J connectivity index is 2.19. The molecule has 0 aliphatic rings. The van der Waals surface area contributed by atoms with Crippen molar-refractivity contribution in [2.45, 2.75) is 25.8 Å². The van der Waals surface area contributed by atoms with E-state index < -0.39 is 0 Å². The molecule has 2 aromatic rings. The van der Waals surface area contributed by atoms with Gasteiger partial charge in [-0.2, -0.15) is 5.10 Å². The number of nitrogens with one attached hydrogen (secondary N) is 1. The monoisotopic (exact) mass is 276 g/mol. The van der Waals surface area contributed by atoms with E-state index in [2.05, 4.69) is 32.3 Å². The van der Waals surface area contributed by atoms with Gasteiger partial charge in [-0.25, -0.2) is 15.0 Å². The summed E-state index contributed by atoms with van der Waals surface area (Å²) in [6.45, 7) is 3.04. The molecule has 2 heterocycles. The first-order valence-electron chi connectivity index (χ1n) is 6.66. The predicted molar refractivity (Wildman–Crippen MR) is 74.3 cm³/mol. The molecule has 0 radical (unpaired) electrons. The van der Waals surface area contributed by atoms with Gasteiger partial charge in [-0.05, 0) is 13.0 Å². The molecule has 108 valence electrons. The molecule has 20 heavy (non-hydrogen) atoms. The molecule has 0 fully saturated rings. The number of hydrogen-bond acceptors (Lipinski definition) is 6. The second-order valence-corrected chi connectivity index (χ2v) is 4.50. The predicted octanol–water partition coefficient (Wildman–Crippen LogP) is 0.897. The van der Waals surface area contributed by atoms with Gasteiger partial charge in [0.2, 0.25) is 5.88 Å². The van der Waals surface area contributed by atoms with Crippen molar-refractivity contribution in [1.29, 1.82) is 0 Å². The molecule has 1 atom stereocenters. The van der Waals surface area contributed by atoms with Crippen LogP contribution in [0, 0.1) is 0 Å². The normalized spacial score (nSPS) is 12.3. The lowest BCUT2D eigenvalue weighted by atomic mass is 10.1. The van der Waals surface area contributed by atoms with Crippen LogP contribution in [0.5, 0.6) is 5.88 Å². The molecule has 7 nitrogen and oxygen atoms in total. The van der Waals surface area contributed by atoms with Crippen LogP contribution in [0.25, 0.3) is 0 Å². The third-order valence-electron chi connectivity index (χ3n) is 3.06. The average molecular weight is 276 g/mol. The Labute approximate surface area is 118 Å². The molecule has 0 aromatic carbocycles. The van der Waals surface area contributed by atoms with Gasteiger partial charge >= 0.3 is 0 Å². The van der Waals surface area contributed by atoms with Crippen LogP contribution in [0.15, 0.2) is 18.7 Å². The topological polar surface area (TPSA) is 77.8 Å². The Hall–Kier alpha value is -2.02. The van der Waals surface area contributed by atoms with Crippen LogP contribution >= 0.6 is 0 Å². The van der Waals surface area contributed by atoms with E-state index in [9.17, 15) is 0 Å². The summed E-state index contributed by atoms with van der Waals surface area (Å²) in [5.74, 6) is 1.48. The Bertz CT molecular complexity index is 541. The summed E-state index contributed by atoms with van der Waals surface area (Å²) in [5.41, 5.74) is 0.897. The van der Waals surface area contributed by atoms with E-state index in [0.717, 1.165) is 30.9 Å². The van der Waals surface area contributed by atoms with Crippen LogP contribution in [0.3, 0.4) is 0 Å². The summed E-state index contributed by atoms with van der Waals surface area (Å²) in [5, 5.41) is 7.57. The second kappa shape index (κ2) is 6.95. The quantitative estimate of drug-likeness (QED) is 0.809. The van der Waals surface area contributed by atoms with Crippen LogP contribution in [-0.2, 0) is 13.5 Å². The van der Waals surface area contributed by atoms with E-state index in [1.807, 2.05) is 13.1 Å². The zero-order chi connectivity index (χ0) is 14.4. The van der Waals surface area contributed by atoms with Gasteiger partial charge in [-0.15, -0.1) is 0 Å². The summed E-state index contributed by atoms with van der Waals surface area (Å²) in [6, 6.07) is 1.92. The first-order valence-corrected chi connectivity index (χ1v) is 6.66. The van der Waals surface area contributed by atoms with Gasteiger partial charge in [-0.3, -0.25) is 4.68 Å². The lowest BCUT2D eigenvalue weighted by Crippen LogP contribution is -2.26. The lowest BCUT2D eigenvalue weighted by molar-refractivity contribution is 0.393. The number of hydrogen-bond donors (Lipinski definition) is 1. The molecule has 0 spiro atoms. The van der Waals surface area contributed by atoms with E-state index in [1.54, 1.807) is 18.1 Å². The van der Waals surface area contributed by atoms with Crippen molar-refractivity contribution in [2.24, 2.45) is 7.05 Å². The molecule has 2 rings (SSSR count). The zero-order valence-electron chi connectivity index (χ0n) is 12.1. The maximum absolute atomic E-state index is 5.16. The molecule has 2 aromatic heterocycles. The van der Waals surface area contributed by atoms with E-state index in [1.165, 1.54) is 6.33 Å². The molecule has 0 saturated heterocycles. The van der Waals surface area contributed by atoms with Crippen LogP contribution in [-0.4, -0.2) is 38.4 Å². The molecule has 0 bridgehead atoms. The Kier molecular flexibility index (Phi) is 5.00. The smallest absolute Gasteiger partial charge is 0.216 e. The number of methoxy groups -OCH3 is 1. The molecule has 7 heteroatoms. The fraction of sp³-hybridized carbons (Fsp3) is 0.538. The highest BCUT2D eigenvalue weighted by Crippen LogP contribution is 2.18. The van der Waals surface area contributed by atoms with Crippen molar-refractivity contribution in [3.8, 4) is 5.88 Å². The highest BCUT2D eigenvalue weighted by atomic mass is 16.5. The molecule has 0 amide bonds. The molecule has 0 saturated carbocycles. The lowest BCUT2D eigenvalue weighted by Gasteiger charge is -2.17. The van der Waals surface area contributed by atoms with E-state index in [0.29, 0.717) is 5.88 Å². The number of rotatable bonds is 7. The number of aryl methyl sites for hydroxylation is 1. The molecule has 0 aliphatic heterocycles. The molecule has 0 aliphatic carbocycles. The third-order valence-corrected chi connectivity index (χ3v) is 3.06. The van der Waals surface area contributed by atoms with Crippen molar-refractivity contribution in [3.05, 3.63) is 30.2 Å². The zero-order valence-corrected chi connectivity index (χ0v) is 12.1. The largest absolute Gasteiger partial charge is 0.481 e. The van der Waals surface area contributed by atoms with E-state index in [-0.39, 0.29) is 6.04 Å². The van der Waals surface area contributed by atoms with Gasteiger partial charge in [0.05, 0.1) is 18.8 Å². The fourth-order valence-electron chi connectivity index (χ4n) is 1.94. The highest BCUT2D eigenvalue weighted by molar-refractivity contribution is 5.17. The van der Waals surface area contributed by atoms with Gasteiger partial charge in [0.25, 0.3) is 0 Å². The van der Waals surface area contributed by atoms with Crippen LogP contribution in [0.2, 0.25) is 0 Å². The standard InChI is InChI=1S/C13H20N6O/c1-4-5-14-10(6-12-16-9-18-19(12)2)11-7-13(20-3)17-8-15-11/h7-10,14H,4-6H2,1-3H3. The van der Waals surface area contributed by atoms with Gasteiger partial charge in [0, 0.05) is 19.5 Å². The summed E-state index contributed by atoms with van der Waals surface area (Å²) >= 11 is 0. The molecular formula is C13H20N6O. The number of aromatic nitrogens is 5. The summed E-state index contributed by atoms with van der Waals surface area (Å²) in [6.07, 6.45) is 4.85. The highest BCUT2D eigenvalue weighted by Gasteiger charge is 2.16. The Morgan fingerprint density at radius 1 is 1.30 bits per heavy atom. The molecule has 1 unspecified atom stereocenters. The number of ether oxygens (including phenoxy) is 1. The summed E-state index contributed by atoms with van der Waals surface area (Å²) in [7, 11) is 3.49. The SMILES string of the molecule is CCCNC(Cc1ncnn1C)c1cc(OC)ncn1. The van der Waals surface area contributed by atoms with Gasteiger partial charge in [0.1, 0.15) is 18.5 Å². The van der Waals surface area contributed by atoms with E-state index >= 15 is 0 Å². The van der Waals surface area contributed by atoms with Crippen molar-refractivity contribution in [2.75, 3.05) is 13.7 Å². The summed E-state index contributed by atoms with van der Waals surface area (Å²) in [4.78, 5) is 12.6. The first kappa shape index (κ1) is 14.4. The minimum Gasteiger partial charge on any atom is -0.481 e. The minimum atomic E-state index is 0.0646. The van der Waals surface area contributed by atoms with Gasteiger partial charge in [0.15, 0.2) is 0 Å². The second-order valence-electron chi connectivity index (χ2n) is 4.50. The van der Waals surface area contributed by atoms with E-state index in [4.69, 9.17) is 4.74 Å². The average Bonchev–Trinajstić information content (AvgIpc) is 2.88. The van der Waals surface area contributed by atoms with Crippen LogP contribution in [0.4, 0.5) is 0 Å². The van der Waals surface area contributed by atoms with Crippen molar-refractivity contribution >= 4 is 0 Å². The third kappa shape index (κ3) is 3.51. The van der Waals surface area contributed by atoms with Gasteiger partial charge in [-0.1, -0.05) is 6.92 Å². The number of nitrogens with zero attached hydrogens (tertiary/aromatic N) is 5. The van der Waals surface area contributed by atoms with Crippen molar-refractivity contribution in [3.63, 3.8) is 0 Å². The van der Waals surface area contributed by atoms with Gasteiger partial charge < -0.3 is 10.1 Å². The Morgan fingerprint density at radius 2 is 2.15 bits per heavy atom. The molecule has 1 N–H and O–H groups in total. The van der Waals surface area contributed by atoms with Crippen LogP contribution in [0.1, 0.15) is 30.9 Å². The maximum atomic E-state index is 5.16.